The van der Waals surface area contributed by atoms with Crippen molar-refractivity contribution in [3.05, 3.63) is 52.4 Å². The van der Waals surface area contributed by atoms with Gasteiger partial charge in [0, 0.05) is 12.2 Å². The van der Waals surface area contributed by atoms with E-state index in [1.165, 1.54) is 30.1 Å². The van der Waals surface area contributed by atoms with Crippen molar-refractivity contribution in [2.24, 2.45) is 0 Å². The second kappa shape index (κ2) is 8.30. The van der Waals surface area contributed by atoms with Crippen LogP contribution in [0.15, 0.2) is 41.7 Å². The fraction of sp³-hybridized carbons (Fsp3) is 0.263. The highest BCUT2D eigenvalue weighted by Gasteiger charge is 2.32. The van der Waals surface area contributed by atoms with Gasteiger partial charge in [-0.2, -0.15) is 0 Å². The summed E-state index contributed by atoms with van der Waals surface area (Å²) in [7, 11) is 0. The summed E-state index contributed by atoms with van der Waals surface area (Å²) < 4.78 is 16.2. The lowest BCUT2D eigenvalue weighted by atomic mass is 10.2. The summed E-state index contributed by atoms with van der Waals surface area (Å²) in [4.78, 5) is 16.6. The Hall–Kier alpha value is -2.16. The third-order valence-electron chi connectivity index (χ3n) is 4.39. The molecule has 0 radical (unpaired) electrons. The fourth-order valence-electron chi connectivity index (χ4n) is 2.78. The molecule has 1 aliphatic carbocycles. The first-order valence-corrected chi connectivity index (χ1v) is 10.6. The Morgan fingerprint density at radius 3 is 2.76 bits per heavy atom. The number of nitrogens with zero attached hydrogens (tertiary/aromatic N) is 4. The molecule has 1 amide bonds. The van der Waals surface area contributed by atoms with Crippen LogP contribution < -0.4 is 5.32 Å². The molecule has 1 fully saturated rings. The van der Waals surface area contributed by atoms with E-state index < -0.39 is 5.25 Å². The summed E-state index contributed by atoms with van der Waals surface area (Å²) in [5.41, 5.74) is 0.396. The third-order valence-corrected chi connectivity index (χ3v) is 5.94. The van der Waals surface area contributed by atoms with Crippen LogP contribution in [-0.2, 0) is 4.79 Å². The Labute approximate surface area is 180 Å². The van der Waals surface area contributed by atoms with Crippen LogP contribution in [0, 0.1) is 5.82 Å². The molecule has 3 aromatic rings. The molecule has 1 N–H and O–H groups in total. The summed E-state index contributed by atoms with van der Waals surface area (Å²) in [6.45, 7) is 1.75. The summed E-state index contributed by atoms with van der Waals surface area (Å²) in [6.07, 6.45) is 3.35. The quantitative estimate of drug-likeness (QED) is 0.518. The molecule has 0 aliphatic heterocycles. The van der Waals surface area contributed by atoms with Crippen molar-refractivity contribution in [3.8, 4) is 11.4 Å². The van der Waals surface area contributed by atoms with Gasteiger partial charge in [0.2, 0.25) is 5.91 Å². The number of carbonyl (C=O) groups excluding carboxylic acids is 1. The number of thioether (sulfide) groups is 1. The molecule has 0 spiro atoms. The standard InChI is InChI=1S/C19H16Cl2FN5OS/c1-10(18(28)24-16-14(21)8-11(20)9-23-16)29-19-26-25-17(27(19)12-6-7-12)13-4-2-3-5-15(13)22/h2-5,8-10,12H,6-7H2,1H3,(H,23,24,28)/t10-/m1/s1. The van der Waals surface area contributed by atoms with E-state index in [0.717, 1.165) is 12.8 Å². The first-order chi connectivity index (χ1) is 13.9. The lowest BCUT2D eigenvalue weighted by molar-refractivity contribution is -0.115. The van der Waals surface area contributed by atoms with E-state index >= 15 is 0 Å². The van der Waals surface area contributed by atoms with Gasteiger partial charge in [0.15, 0.2) is 16.8 Å². The molecule has 6 nitrogen and oxygen atoms in total. The molecule has 1 aromatic carbocycles. The summed E-state index contributed by atoms with van der Waals surface area (Å²) in [5, 5.41) is 11.8. The van der Waals surface area contributed by atoms with Gasteiger partial charge in [-0.15, -0.1) is 10.2 Å². The topological polar surface area (TPSA) is 72.7 Å². The molecule has 1 aliphatic rings. The second-order valence-corrected chi connectivity index (χ2v) is 8.77. The Morgan fingerprint density at radius 1 is 1.31 bits per heavy atom. The number of amides is 1. The van der Waals surface area contributed by atoms with Crippen LogP contribution >= 0.6 is 35.0 Å². The maximum Gasteiger partial charge on any atom is 0.238 e. The molecular weight excluding hydrogens is 436 g/mol. The second-order valence-electron chi connectivity index (χ2n) is 6.62. The molecule has 1 saturated carbocycles. The van der Waals surface area contributed by atoms with Crippen LogP contribution in [0.4, 0.5) is 10.2 Å². The zero-order chi connectivity index (χ0) is 20.5. The van der Waals surface area contributed by atoms with Crippen molar-refractivity contribution < 1.29 is 9.18 Å². The van der Waals surface area contributed by atoms with Crippen LogP contribution in [-0.4, -0.2) is 30.9 Å². The number of anilines is 1. The monoisotopic (exact) mass is 451 g/mol. The smallest absolute Gasteiger partial charge is 0.238 e. The van der Waals surface area contributed by atoms with Crippen molar-refractivity contribution in [2.75, 3.05) is 5.32 Å². The largest absolute Gasteiger partial charge is 0.308 e. The Balaban J connectivity index is 1.55. The van der Waals surface area contributed by atoms with Gasteiger partial charge in [-0.1, -0.05) is 47.1 Å². The number of nitrogens with one attached hydrogen (secondary N) is 1. The minimum Gasteiger partial charge on any atom is -0.308 e. The van der Waals surface area contributed by atoms with Gasteiger partial charge in [-0.25, -0.2) is 9.37 Å². The molecule has 4 rings (SSSR count). The van der Waals surface area contributed by atoms with Crippen molar-refractivity contribution in [2.45, 2.75) is 36.2 Å². The maximum atomic E-state index is 14.3. The van der Waals surface area contributed by atoms with E-state index in [1.807, 2.05) is 4.57 Å². The molecule has 2 aromatic heterocycles. The van der Waals surface area contributed by atoms with Gasteiger partial charge in [-0.3, -0.25) is 9.36 Å². The highest BCUT2D eigenvalue weighted by molar-refractivity contribution is 8.00. The molecular formula is C19H16Cl2FN5OS. The van der Waals surface area contributed by atoms with Crippen LogP contribution in [0.2, 0.25) is 10.0 Å². The lowest BCUT2D eigenvalue weighted by Crippen LogP contribution is -2.23. The van der Waals surface area contributed by atoms with Crippen molar-refractivity contribution in [1.29, 1.82) is 0 Å². The van der Waals surface area contributed by atoms with E-state index in [0.29, 0.717) is 21.6 Å². The van der Waals surface area contributed by atoms with Gasteiger partial charge in [-0.05, 0) is 38.0 Å². The average molecular weight is 452 g/mol. The SMILES string of the molecule is C[C@@H](Sc1nnc(-c2ccccc2F)n1C1CC1)C(=O)Nc1ncc(Cl)cc1Cl. The number of pyridine rings is 1. The maximum absolute atomic E-state index is 14.3. The molecule has 10 heteroatoms. The number of hydrogen-bond acceptors (Lipinski definition) is 5. The first kappa shape index (κ1) is 20.1. The van der Waals surface area contributed by atoms with E-state index in [-0.39, 0.29) is 28.6 Å². The molecule has 2 heterocycles. The van der Waals surface area contributed by atoms with Crippen LogP contribution in [0.3, 0.4) is 0 Å². The van der Waals surface area contributed by atoms with Crippen LogP contribution in [0.1, 0.15) is 25.8 Å². The van der Waals surface area contributed by atoms with Gasteiger partial charge >= 0.3 is 0 Å². The zero-order valence-electron chi connectivity index (χ0n) is 15.3. The molecule has 0 saturated heterocycles. The molecule has 150 valence electrons. The van der Waals surface area contributed by atoms with E-state index in [4.69, 9.17) is 23.2 Å². The highest BCUT2D eigenvalue weighted by Crippen LogP contribution is 2.42. The molecule has 0 bridgehead atoms. The Kier molecular flexibility index (Phi) is 5.76. The summed E-state index contributed by atoms with van der Waals surface area (Å²) >= 11 is 13.2. The minimum absolute atomic E-state index is 0.213. The van der Waals surface area contributed by atoms with Crippen LogP contribution in [0.5, 0.6) is 0 Å². The van der Waals surface area contributed by atoms with Gasteiger partial charge in [0.05, 0.1) is 20.9 Å². The van der Waals surface area contributed by atoms with E-state index in [1.54, 1.807) is 25.1 Å². The Morgan fingerprint density at radius 2 is 2.07 bits per heavy atom. The van der Waals surface area contributed by atoms with Gasteiger partial charge in [0.25, 0.3) is 0 Å². The highest BCUT2D eigenvalue weighted by atomic mass is 35.5. The normalized spacial score (nSPS) is 14.6. The predicted molar refractivity (Wildman–Crippen MR) is 112 cm³/mol. The summed E-state index contributed by atoms with van der Waals surface area (Å²) in [6, 6.07) is 8.19. The molecule has 0 unspecified atom stereocenters. The van der Waals surface area contributed by atoms with Crippen molar-refractivity contribution >= 4 is 46.7 Å². The molecule has 1 atom stereocenters. The lowest BCUT2D eigenvalue weighted by Gasteiger charge is -2.14. The van der Waals surface area contributed by atoms with Crippen molar-refractivity contribution in [3.63, 3.8) is 0 Å². The predicted octanol–water partition coefficient (Wildman–Crippen LogP) is 5.24. The number of hydrogen-bond donors (Lipinski definition) is 1. The number of halogens is 3. The molecule has 29 heavy (non-hydrogen) atoms. The third kappa shape index (κ3) is 4.39. The van der Waals surface area contributed by atoms with Gasteiger partial charge < -0.3 is 5.32 Å². The fourth-order valence-corrected chi connectivity index (χ4v) is 4.13. The van der Waals surface area contributed by atoms with E-state index in [9.17, 15) is 9.18 Å². The van der Waals surface area contributed by atoms with Gasteiger partial charge in [0.1, 0.15) is 5.82 Å². The van der Waals surface area contributed by atoms with Crippen LogP contribution in [0.25, 0.3) is 11.4 Å². The van der Waals surface area contributed by atoms with E-state index in [2.05, 4.69) is 20.5 Å². The number of benzene rings is 1. The first-order valence-electron chi connectivity index (χ1n) is 8.92. The Bertz CT molecular complexity index is 1070. The minimum atomic E-state index is -0.501. The number of rotatable bonds is 6. The zero-order valence-corrected chi connectivity index (χ0v) is 17.6. The van der Waals surface area contributed by atoms with Crippen molar-refractivity contribution in [1.82, 2.24) is 19.7 Å². The summed E-state index contributed by atoms with van der Waals surface area (Å²) in [5.74, 6) is 0.0736. The number of aromatic nitrogens is 4. The average Bonchev–Trinajstić information content (AvgIpc) is 3.45. The number of carbonyl (C=O) groups is 1.